The zero-order valence-electron chi connectivity index (χ0n) is 12.9. The standard InChI is InChI=1S/C16H33NO2/c1-3-4-5-6-11-19-13-16(18)12-17-15-9-7-14(2)8-10-15/h14-18H,3-13H2,1-2H3. The highest BCUT2D eigenvalue weighted by Crippen LogP contribution is 2.23. The Morgan fingerprint density at radius 3 is 2.58 bits per heavy atom. The van der Waals surface area contributed by atoms with Crippen LogP contribution >= 0.6 is 0 Å². The second-order valence-electron chi connectivity index (χ2n) is 6.15. The maximum Gasteiger partial charge on any atom is 0.0897 e. The van der Waals surface area contributed by atoms with Gasteiger partial charge in [0.1, 0.15) is 0 Å². The highest BCUT2D eigenvalue weighted by atomic mass is 16.5. The summed E-state index contributed by atoms with van der Waals surface area (Å²) in [6.45, 7) is 6.48. The maximum atomic E-state index is 9.85. The lowest BCUT2D eigenvalue weighted by Gasteiger charge is -2.27. The van der Waals surface area contributed by atoms with Gasteiger partial charge in [-0.2, -0.15) is 0 Å². The third-order valence-corrected chi connectivity index (χ3v) is 4.11. The SMILES string of the molecule is CCCCCCOCC(O)CNC1CCC(C)CC1. The average molecular weight is 271 g/mol. The van der Waals surface area contributed by atoms with Crippen molar-refractivity contribution in [2.45, 2.75) is 77.4 Å². The molecule has 1 rings (SSSR count). The second kappa shape index (κ2) is 10.6. The molecule has 2 N–H and O–H groups in total. The summed E-state index contributed by atoms with van der Waals surface area (Å²) in [6.07, 6.45) is 9.70. The molecule has 0 radical (unpaired) electrons. The minimum Gasteiger partial charge on any atom is -0.389 e. The van der Waals surface area contributed by atoms with Crippen LogP contribution in [0.5, 0.6) is 0 Å². The number of nitrogens with one attached hydrogen (secondary N) is 1. The molecule has 114 valence electrons. The summed E-state index contributed by atoms with van der Waals surface area (Å²) in [4.78, 5) is 0. The van der Waals surface area contributed by atoms with Gasteiger partial charge in [-0.15, -0.1) is 0 Å². The quantitative estimate of drug-likeness (QED) is 0.600. The van der Waals surface area contributed by atoms with Gasteiger partial charge in [0.15, 0.2) is 0 Å². The summed E-state index contributed by atoms with van der Waals surface area (Å²) in [5.74, 6) is 0.884. The smallest absolute Gasteiger partial charge is 0.0897 e. The first-order chi connectivity index (χ1) is 9.22. The molecule has 1 saturated carbocycles. The van der Waals surface area contributed by atoms with Crippen LogP contribution in [0.1, 0.15) is 65.2 Å². The predicted octanol–water partition coefficient (Wildman–Crippen LogP) is 3.11. The van der Waals surface area contributed by atoms with Crippen molar-refractivity contribution in [2.24, 2.45) is 5.92 Å². The summed E-state index contributed by atoms with van der Waals surface area (Å²) in [7, 11) is 0. The van der Waals surface area contributed by atoms with Crippen molar-refractivity contribution in [3.63, 3.8) is 0 Å². The van der Waals surface area contributed by atoms with Gasteiger partial charge in [-0.1, -0.05) is 33.1 Å². The van der Waals surface area contributed by atoms with Crippen LogP contribution in [0.25, 0.3) is 0 Å². The van der Waals surface area contributed by atoms with Gasteiger partial charge in [0.05, 0.1) is 12.7 Å². The van der Waals surface area contributed by atoms with Gasteiger partial charge in [-0.25, -0.2) is 0 Å². The highest BCUT2D eigenvalue weighted by molar-refractivity contribution is 4.76. The molecule has 0 aromatic heterocycles. The molecular weight excluding hydrogens is 238 g/mol. The van der Waals surface area contributed by atoms with Crippen molar-refractivity contribution >= 4 is 0 Å². The normalized spacial score (nSPS) is 25.4. The topological polar surface area (TPSA) is 41.5 Å². The van der Waals surface area contributed by atoms with E-state index in [4.69, 9.17) is 4.74 Å². The fourth-order valence-electron chi connectivity index (χ4n) is 2.68. The third kappa shape index (κ3) is 8.61. The molecule has 1 unspecified atom stereocenters. The Kier molecular flexibility index (Phi) is 9.48. The largest absolute Gasteiger partial charge is 0.389 e. The Hall–Kier alpha value is -0.120. The van der Waals surface area contributed by atoms with Crippen LogP contribution in [0.4, 0.5) is 0 Å². The van der Waals surface area contributed by atoms with E-state index >= 15 is 0 Å². The zero-order valence-corrected chi connectivity index (χ0v) is 12.9. The summed E-state index contributed by atoms with van der Waals surface area (Å²) >= 11 is 0. The molecule has 3 nitrogen and oxygen atoms in total. The van der Waals surface area contributed by atoms with E-state index in [1.165, 1.54) is 44.9 Å². The Morgan fingerprint density at radius 1 is 1.16 bits per heavy atom. The van der Waals surface area contributed by atoms with Gasteiger partial charge >= 0.3 is 0 Å². The van der Waals surface area contributed by atoms with Gasteiger partial charge in [-0.05, 0) is 38.0 Å². The Bertz CT molecular complexity index is 203. The Balaban J connectivity index is 1.91. The Labute approximate surface area is 119 Å². The molecule has 0 heterocycles. The average Bonchev–Trinajstić information content (AvgIpc) is 2.42. The van der Waals surface area contributed by atoms with Crippen LogP contribution in [0.15, 0.2) is 0 Å². The van der Waals surface area contributed by atoms with Crippen LogP contribution in [-0.2, 0) is 4.74 Å². The van der Waals surface area contributed by atoms with E-state index in [0.29, 0.717) is 19.2 Å². The van der Waals surface area contributed by atoms with Gasteiger partial charge in [0.25, 0.3) is 0 Å². The number of aliphatic hydroxyl groups is 1. The van der Waals surface area contributed by atoms with Crippen molar-refractivity contribution in [3.8, 4) is 0 Å². The number of hydrogen-bond donors (Lipinski definition) is 2. The van der Waals surface area contributed by atoms with E-state index in [9.17, 15) is 5.11 Å². The lowest BCUT2D eigenvalue weighted by molar-refractivity contribution is 0.0332. The molecule has 3 heteroatoms. The van der Waals surface area contributed by atoms with Crippen LogP contribution in [0.2, 0.25) is 0 Å². The molecule has 0 saturated heterocycles. The summed E-state index contributed by atoms with van der Waals surface area (Å²) in [5, 5.41) is 13.3. The lowest BCUT2D eigenvalue weighted by atomic mass is 9.87. The first kappa shape index (κ1) is 16.9. The van der Waals surface area contributed by atoms with E-state index in [-0.39, 0.29) is 6.10 Å². The van der Waals surface area contributed by atoms with E-state index in [1.54, 1.807) is 0 Å². The number of ether oxygens (including phenoxy) is 1. The molecule has 0 aliphatic heterocycles. The van der Waals surface area contributed by atoms with Crippen molar-refractivity contribution in [2.75, 3.05) is 19.8 Å². The first-order valence-electron chi connectivity index (χ1n) is 8.21. The number of unbranched alkanes of at least 4 members (excludes halogenated alkanes) is 3. The molecule has 0 spiro atoms. The van der Waals surface area contributed by atoms with Crippen molar-refractivity contribution in [1.29, 1.82) is 0 Å². The highest BCUT2D eigenvalue weighted by Gasteiger charge is 2.18. The summed E-state index contributed by atoms with van der Waals surface area (Å²) in [6, 6.07) is 0.607. The zero-order chi connectivity index (χ0) is 13.9. The molecule has 1 aliphatic carbocycles. The number of hydrogen-bond acceptors (Lipinski definition) is 3. The molecule has 0 bridgehead atoms. The lowest BCUT2D eigenvalue weighted by Crippen LogP contribution is -2.39. The monoisotopic (exact) mass is 271 g/mol. The van der Waals surface area contributed by atoms with E-state index in [2.05, 4.69) is 19.2 Å². The number of rotatable bonds is 10. The third-order valence-electron chi connectivity index (χ3n) is 4.11. The summed E-state index contributed by atoms with van der Waals surface area (Å²) in [5.41, 5.74) is 0. The molecule has 1 fully saturated rings. The van der Waals surface area contributed by atoms with E-state index < -0.39 is 0 Å². The minimum absolute atomic E-state index is 0.356. The van der Waals surface area contributed by atoms with Crippen molar-refractivity contribution < 1.29 is 9.84 Å². The first-order valence-corrected chi connectivity index (χ1v) is 8.21. The van der Waals surface area contributed by atoms with Crippen LogP contribution in [0, 0.1) is 5.92 Å². The fraction of sp³-hybridized carbons (Fsp3) is 1.00. The van der Waals surface area contributed by atoms with Crippen LogP contribution in [-0.4, -0.2) is 37.0 Å². The van der Waals surface area contributed by atoms with Crippen molar-refractivity contribution in [1.82, 2.24) is 5.32 Å². The molecule has 1 atom stereocenters. The molecule has 1 aliphatic rings. The minimum atomic E-state index is -0.356. The van der Waals surface area contributed by atoms with Gasteiger partial charge in [0, 0.05) is 19.2 Å². The van der Waals surface area contributed by atoms with E-state index in [1.807, 2.05) is 0 Å². The molecule has 19 heavy (non-hydrogen) atoms. The van der Waals surface area contributed by atoms with Gasteiger partial charge < -0.3 is 15.2 Å². The Morgan fingerprint density at radius 2 is 1.89 bits per heavy atom. The van der Waals surface area contributed by atoms with Crippen LogP contribution < -0.4 is 5.32 Å². The maximum absolute atomic E-state index is 9.85. The summed E-state index contributed by atoms with van der Waals surface area (Å²) < 4.78 is 5.51. The second-order valence-corrected chi connectivity index (χ2v) is 6.15. The van der Waals surface area contributed by atoms with Gasteiger partial charge in [-0.3, -0.25) is 0 Å². The molecule has 0 amide bonds. The molecule has 0 aromatic rings. The fourth-order valence-corrected chi connectivity index (χ4v) is 2.68. The molecular formula is C16H33NO2. The van der Waals surface area contributed by atoms with Crippen LogP contribution in [0.3, 0.4) is 0 Å². The number of aliphatic hydroxyl groups excluding tert-OH is 1. The molecule has 0 aromatic carbocycles. The van der Waals surface area contributed by atoms with Gasteiger partial charge in [0.2, 0.25) is 0 Å². The van der Waals surface area contributed by atoms with E-state index in [0.717, 1.165) is 18.9 Å². The predicted molar refractivity (Wildman–Crippen MR) is 80.4 cm³/mol. The van der Waals surface area contributed by atoms with Crippen molar-refractivity contribution in [3.05, 3.63) is 0 Å².